The van der Waals surface area contributed by atoms with E-state index >= 15 is 0 Å². The summed E-state index contributed by atoms with van der Waals surface area (Å²) >= 11 is 7.41. The molecule has 1 N–H and O–H groups in total. The van der Waals surface area contributed by atoms with Crippen molar-refractivity contribution >= 4 is 29.3 Å². The van der Waals surface area contributed by atoms with Gasteiger partial charge in [0.2, 0.25) is 5.91 Å². The van der Waals surface area contributed by atoms with E-state index in [0.29, 0.717) is 5.02 Å². The zero-order valence-corrected chi connectivity index (χ0v) is 15.7. The molecule has 0 saturated heterocycles. The maximum atomic E-state index is 12.5. The van der Waals surface area contributed by atoms with Crippen LogP contribution in [0.15, 0.2) is 53.4 Å². The summed E-state index contributed by atoms with van der Waals surface area (Å²) in [5.41, 5.74) is 1.08. The van der Waals surface area contributed by atoms with Crippen molar-refractivity contribution in [1.29, 1.82) is 0 Å². The largest absolute Gasteiger partial charge is 0.497 e. The van der Waals surface area contributed by atoms with Crippen LogP contribution in [0.2, 0.25) is 5.02 Å². The van der Waals surface area contributed by atoms with Gasteiger partial charge in [-0.1, -0.05) is 30.7 Å². The van der Waals surface area contributed by atoms with Gasteiger partial charge in [-0.05, 0) is 55.3 Å². The number of halogens is 1. The van der Waals surface area contributed by atoms with Crippen LogP contribution in [-0.2, 0) is 4.79 Å². The fourth-order valence-corrected chi connectivity index (χ4v) is 3.32. The Balaban J connectivity index is 1.98. The summed E-state index contributed by atoms with van der Waals surface area (Å²) in [4.78, 5) is 13.5. The molecule has 0 fully saturated rings. The van der Waals surface area contributed by atoms with E-state index in [1.165, 1.54) is 11.8 Å². The summed E-state index contributed by atoms with van der Waals surface area (Å²) in [5, 5.41) is 3.64. The van der Waals surface area contributed by atoms with Crippen LogP contribution < -0.4 is 10.1 Å². The maximum absolute atomic E-state index is 12.5. The van der Waals surface area contributed by atoms with Gasteiger partial charge in [-0.15, -0.1) is 11.8 Å². The quantitative estimate of drug-likeness (QED) is 0.696. The first-order valence-corrected chi connectivity index (χ1v) is 9.15. The Kier molecular flexibility index (Phi) is 7.00. The second kappa shape index (κ2) is 9.00. The van der Waals surface area contributed by atoms with Gasteiger partial charge in [-0.3, -0.25) is 4.79 Å². The van der Waals surface area contributed by atoms with Crippen LogP contribution in [-0.4, -0.2) is 18.3 Å². The van der Waals surface area contributed by atoms with Crippen LogP contribution >= 0.6 is 23.4 Å². The smallest absolute Gasteiger partial charge is 0.233 e. The van der Waals surface area contributed by atoms with Crippen molar-refractivity contribution < 1.29 is 9.53 Å². The van der Waals surface area contributed by atoms with Crippen LogP contribution in [0.4, 0.5) is 0 Å². The molecule has 2 rings (SSSR count). The molecule has 0 aliphatic heterocycles. The summed E-state index contributed by atoms with van der Waals surface area (Å²) in [6, 6.07) is 15.3. The molecule has 0 saturated carbocycles. The van der Waals surface area contributed by atoms with Crippen molar-refractivity contribution in [3.8, 4) is 5.75 Å². The van der Waals surface area contributed by atoms with Crippen molar-refractivity contribution in [3.05, 3.63) is 59.1 Å². The molecule has 2 atom stereocenters. The molecular weight excluding hydrogens is 342 g/mol. The number of benzene rings is 2. The minimum absolute atomic E-state index is 0.00308. The van der Waals surface area contributed by atoms with Crippen molar-refractivity contribution in [2.24, 2.45) is 0 Å². The lowest BCUT2D eigenvalue weighted by molar-refractivity contribution is -0.121. The molecule has 24 heavy (non-hydrogen) atoms. The van der Waals surface area contributed by atoms with Crippen LogP contribution in [0.1, 0.15) is 31.9 Å². The van der Waals surface area contributed by atoms with Gasteiger partial charge in [0.05, 0.1) is 18.4 Å². The van der Waals surface area contributed by atoms with Gasteiger partial charge in [0.1, 0.15) is 5.75 Å². The van der Waals surface area contributed by atoms with E-state index in [0.717, 1.165) is 22.6 Å². The topological polar surface area (TPSA) is 38.3 Å². The number of ether oxygens (including phenoxy) is 1. The molecule has 0 aliphatic carbocycles. The molecule has 2 aromatic rings. The van der Waals surface area contributed by atoms with Crippen LogP contribution in [0.3, 0.4) is 0 Å². The number of carbonyl (C=O) groups excluding carboxylic acids is 1. The van der Waals surface area contributed by atoms with Gasteiger partial charge in [-0.2, -0.15) is 0 Å². The van der Waals surface area contributed by atoms with Crippen LogP contribution in [0.25, 0.3) is 0 Å². The summed E-state index contributed by atoms with van der Waals surface area (Å²) < 4.78 is 5.18. The van der Waals surface area contributed by atoms with E-state index in [9.17, 15) is 4.79 Å². The molecule has 3 nitrogen and oxygen atoms in total. The average Bonchev–Trinajstić information content (AvgIpc) is 2.61. The monoisotopic (exact) mass is 363 g/mol. The van der Waals surface area contributed by atoms with Gasteiger partial charge in [-0.25, -0.2) is 0 Å². The summed E-state index contributed by atoms with van der Waals surface area (Å²) in [5.74, 6) is 0.837. The highest BCUT2D eigenvalue weighted by molar-refractivity contribution is 8.00. The molecule has 0 bridgehead atoms. The average molecular weight is 364 g/mol. The molecule has 0 heterocycles. The zero-order chi connectivity index (χ0) is 17.5. The lowest BCUT2D eigenvalue weighted by Crippen LogP contribution is -2.34. The molecule has 0 aromatic heterocycles. The number of nitrogens with one attached hydrogen (secondary N) is 1. The zero-order valence-electron chi connectivity index (χ0n) is 14.1. The Morgan fingerprint density at radius 2 is 1.79 bits per heavy atom. The molecule has 0 radical (unpaired) electrons. The highest BCUT2D eigenvalue weighted by atomic mass is 35.5. The third-order valence-electron chi connectivity index (χ3n) is 3.74. The number of methoxy groups -OCH3 is 1. The SMILES string of the molecule is CC[C@@H](NC(=O)[C@@H](C)Sc1ccc(Cl)cc1)c1ccc(OC)cc1. The van der Waals surface area contributed by atoms with E-state index in [2.05, 4.69) is 12.2 Å². The van der Waals surface area contributed by atoms with Crippen molar-refractivity contribution in [2.45, 2.75) is 36.5 Å². The van der Waals surface area contributed by atoms with Gasteiger partial charge < -0.3 is 10.1 Å². The molecule has 128 valence electrons. The van der Waals surface area contributed by atoms with E-state index in [1.807, 2.05) is 55.5 Å². The predicted molar refractivity (Wildman–Crippen MR) is 101 cm³/mol. The number of carbonyl (C=O) groups is 1. The lowest BCUT2D eigenvalue weighted by atomic mass is 10.0. The first-order valence-electron chi connectivity index (χ1n) is 7.90. The number of rotatable bonds is 7. The molecule has 1 amide bonds. The first kappa shape index (κ1) is 18.7. The highest BCUT2D eigenvalue weighted by Gasteiger charge is 2.19. The Labute approximate surface area is 152 Å². The Morgan fingerprint density at radius 3 is 2.33 bits per heavy atom. The first-order chi connectivity index (χ1) is 11.5. The van der Waals surface area contributed by atoms with Crippen LogP contribution in [0, 0.1) is 0 Å². The van der Waals surface area contributed by atoms with E-state index < -0.39 is 0 Å². The number of amides is 1. The minimum atomic E-state index is -0.182. The Hall–Kier alpha value is -1.65. The second-order valence-electron chi connectivity index (χ2n) is 5.46. The molecule has 5 heteroatoms. The Bertz CT molecular complexity index is 658. The van der Waals surface area contributed by atoms with E-state index in [4.69, 9.17) is 16.3 Å². The van der Waals surface area contributed by atoms with E-state index in [1.54, 1.807) is 7.11 Å². The van der Waals surface area contributed by atoms with Crippen molar-refractivity contribution in [2.75, 3.05) is 7.11 Å². The summed E-state index contributed by atoms with van der Waals surface area (Å²) in [7, 11) is 1.64. The number of thioether (sulfide) groups is 1. The van der Waals surface area contributed by atoms with Gasteiger partial charge >= 0.3 is 0 Å². The third-order valence-corrected chi connectivity index (χ3v) is 5.10. The van der Waals surface area contributed by atoms with Crippen molar-refractivity contribution in [1.82, 2.24) is 5.32 Å². The highest BCUT2D eigenvalue weighted by Crippen LogP contribution is 2.26. The molecule has 0 aliphatic rings. The fraction of sp³-hybridized carbons (Fsp3) is 0.316. The van der Waals surface area contributed by atoms with Crippen molar-refractivity contribution in [3.63, 3.8) is 0 Å². The standard InChI is InChI=1S/C19H22ClNO2S/c1-4-18(14-5-9-16(23-3)10-6-14)21-19(22)13(2)24-17-11-7-15(20)8-12-17/h5-13,18H,4H2,1-3H3,(H,21,22)/t13-,18-/m1/s1. The normalized spacial score (nSPS) is 13.2. The maximum Gasteiger partial charge on any atom is 0.233 e. The van der Waals surface area contributed by atoms with E-state index in [-0.39, 0.29) is 17.2 Å². The number of hydrogen-bond acceptors (Lipinski definition) is 3. The third kappa shape index (κ3) is 5.18. The number of hydrogen-bond donors (Lipinski definition) is 1. The van der Waals surface area contributed by atoms with Gasteiger partial charge in [0.25, 0.3) is 0 Å². The predicted octanol–water partition coefficient (Wildman–Crippen LogP) is 5.10. The molecule has 0 spiro atoms. The van der Waals surface area contributed by atoms with Gasteiger partial charge in [0.15, 0.2) is 0 Å². The van der Waals surface area contributed by atoms with Gasteiger partial charge in [0, 0.05) is 9.92 Å². The minimum Gasteiger partial charge on any atom is -0.497 e. The lowest BCUT2D eigenvalue weighted by Gasteiger charge is -2.20. The van der Waals surface area contributed by atoms with Crippen LogP contribution in [0.5, 0.6) is 5.75 Å². The Morgan fingerprint density at radius 1 is 1.17 bits per heavy atom. The summed E-state index contributed by atoms with van der Waals surface area (Å²) in [6.07, 6.45) is 0.830. The molecule has 2 aromatic carbocycles. The second-order valence-corrected chi connectivity index (χ2v) is 7.31. The fourth-order valence-electron chi connectivity index (χ4n) is 2.32. The summed E-state index contributed by atoms with van der Waals surface area (Å²) in [6.45, 7) is 3.97. The molecular formula is C19H22ClNO2S. The molecule has 0 unspecified atom stereocenters.